The van der Waals surface area contributed by atoms with Crippen LogP contribution in [-0.4, -0.2) is 94.2 Å². The number of rotatable bonds is 10. The molecule has 2 aromatic rings. The summed E-state index contributed by atoms with van der Waals surface area (Å²) < 4.78 is 6.23. The van der Waals surface area contributed by atoms with Gasteiger partial charge in [0.05, 0.1) is 47.0 Å². The van der Waals surface area contributed by atoms with Crippen molar-refractivity contribution in [3.63, 3.8) is 0 Å². The predicted octanol–water partition coefficient (Wildman–Crippen LogP) is 4.07. The highest BCUT2D eigenvalue weighted by atomic mass is 32.1. The van der Waals surface area contributed by atoms with Gasteiger partial charge >= 0.3 is 0 Å². The van der Waals surface area contributed by atoms with Crippen LogP contribution in [0.2, 0.25) is 0 Å². The lowest BCUT2D eigenvalue weighted by atomic mass is 9.84. The van der Waals surface area contributed by atoms with Crippen molar-refractivity contribution in [2.24, 2.45) is 11.3 Å². The van der Waals surface area contributed by atoms with E-state index in [0.29, 0.717) is 6.10 Å². The average Bonchev–Trinajstić information content (AvgIpc) is 3.60. The van der Waals surface area contributed by atoms with Crippen LogP contribution in [-0.2, 0) is 19.1 Å². The van der Waals surface area contributed by atoms with Crippen LogP contribution >= 0.6 is 11.3 Å². The molecule has 4 atom stereocenters. The zero-order chi connectivity index (χ0) is 33.2. The number of hydrogen-bond donors (Lipinski definition) is 3. The van der Waals surface area contributed by atoms with Crippen molar-refractivity contribution < 1.29 is 24.2 Å². The molecule has 3 aliphatic rings. The summed E-state index contributed by atoms with van der Waals surface area (Å²) in [6, 6.07) is 6.05. The van der Waals surface area contributed by atoms with E-state index in [2.05, 4.69) is 27.4 Å². The van der Waals surface area contributed by atoms with E-state index in [9.17, 15) is 19.5 Å². The molecule has 3 fully saturated rings. The molecule has 3 heterocycles. The van der Waals surface area contributed by atoms with Gasteiger partial charge in [0.2, 0.25) is 17.7 Å². The van der Waals surface area contributed by atoms with Gasteiger partial charge in [0.1, 0.15) is 12.1 Å². The summed E-state index contributed by atoms with van der Waals surface area (Å²) in [5.74, 6) is -0.129. The van der Waals surface area contributed by atoms with Crippen molar-refractivity contribution in [3.8, 4) is 10.4 Å². The highest BCUT2D eigenvalue weighted by Crippen LogP contribution is 2.32. The molecule has 2 saturated heterocycles. The normalized spacial score (nSPS) is 25.5. The third-order valence-corrected chi connectivity index (χ3v) is 10.7. The third kappa shape index (κ3) is 8.34. The number of aliphatic hydroxyl groups excluding tert-OH is 1. The first-order chi connectivity index (χ1) is 21.8. The molecule has 10 nitrogen and oxygen atoms in total. The second kappa shape index (κ2) is 14.5. The first-order valence-corrected chi connectivity index (χ1v) is 17.6. The molecule has 0 bridgehead atoms. The van der Waals surface area contributed by atoms with Crippen LogP contribution < -0.4 is 10.6 Å². The Labute approximate surface area is 277 Å². The smallest absolute Gasteiger partial charge is 0.246 e. The second-order valence-corrected chi connectivity index (χ2v) is 15.5. The summed E-state index contributed by atoms with van der Waals surface area (Å²) in [7, 11) is 0. The zero-order valence-corrected chi connectivity index (χ0v) is 28.9. The number of ether oxygens (including phenoxy) is 1. The first kappa shape index (κ1) is 34.5. The lowest BCUT2D eigenvalue weighted by molar-refractivity contribution is -0.144. The number of thiazole rings is 1. The quantitative estimate of drug-likeness (QED) is 0.353. The standard InChI is InChI=1S/C35H51N5O5S/c1-21-15-28(16-21)45-27-11-13-39(14-12-27)19-30(42)38-32(35(4,5)6)34(44)40-18-26(41)17-29(40)33(43)37-22(2)24-7-9-25(10-8-24)31-23(3)36-20-46-31/h7-10,20-22,26-29,32,41H,11-19H2,1-6H3,(H,37,43)(H,38,42)/t21-,22-,26+,28-,29-,32+/m0/s1. The number of nitrogens with one attached hydrogen (secondary N) is 2. The number of benzene rings is 1. The highest BCUT2D eigenvalue weighted by molar-refractivity contribution is 7.13. The van der Waals surface area contributed by atoms with Crippen molar-refractivity contribution in [1.82, 2.24) is 25.4 Å². The number of aliphatic hydroxyl groups is 1. The Balaban J connectivity index is 1.16. The van der Waals surface area contributed by atoms with Crippen LogP contribution in [0.15, 0.2) is 29.8 Å². The summed E-state index contributed by atoms with van der Waals surface area (Å²) in [6.45, 7) is 13.7. The van der Waals surface area contributed by atoms with Crippen LogP contribution in [0.3, 0.4) is 0 Å². The Bertz CT molecular complexity index is 1360. The molecule has 3 N–H and O–H groups in total. The molecular formula is C35H51N5O5S. The Morgan fingerprint density at radius 1 is 1.07 bits per heavy atom. The maximum absolute atomic E-state index is 14.0. The van der Waals surface area contributed by atoms with E-state index in [1.54, 1.807) is 11.3 Å². The number of amides is 3. The van der Waals surface area contributed by atoms with Gasteiger partial charge in [-0.2, -0.15) is 0 Å². The minimum atomic E-state index is -0.845. The van der Waals surface area contributed by atoms with Crippen molar-refractivity contribution in [2.45, 2.75) is 110 Å². The zero-order valence-electron chi connectivity index (χ0n) is 28.1. The fraction of sp³-hybridized carbons (Fsp3) is 0.657. The van der Waals surface area contributed by atoms with Crippen molar-refractivity contribution in [2.75, 3.05) is 26.2 Å². The molecule has 1 aromatic carbocycles. The van der Waals surface area contributed by atoms with Crippen LogP contribution in [0.4, 0.5) is 0 Å². The van der Waals surface area contributed by atoms with E-state index in [1.165, 1.54) is 4.90 Å². The molecule has 252 valence electrons. The molecular weight excluding hydrogens is 602 g/mol. The van der Waals surface area contributed by atoms with Crippen LogP contribution in [0, 0.1) is 18.3 Å². The molecule has 1 aromatic heterocycles. The van der Waals surface area contributed by atoms with Gasteiger partial charge < -0.3 is 25.4 Å². The van der Waals surface area contributed by atoms with Crippen LogP contribution in [0.5, 0.6) is 0 Å². The topological polar surface area (TPSA) is 124 Å². The second-order valence-electron chi connectivity index (χ2n) is 14.7. The predicted molar refractivity (Wildman–Crippen MR) is 179 cm³/mol. The largest absolute Gasteiger partial charge is 0.391 e. The molecule has 2 aliphatic heterocycles. The number of piperidine rings is 1. The lowest BCUT2D eigenvalue weighted by Gasteiger charge is -2.39. The molecule has 1 aliphatic carbocycles. The van der Waals surface area contributed by atoms with Gasteiger partial charge in [-0.25, -0.2) is 4.98 Å². The van der Waals surface area contributed by atoms with E-state index >= 15 is 0 Å². The van der Waals surface area contributed by atoms with E-state index in [-0.39, 0.29) is 49.4 Å². The molecule has 0 unspecified atom stereocenters. The molecule has 46 heavy (non-hydrogen) atoms. The molecule has 3 amide bonds. The Morgan fingerprint density at radius 2 is 1.74 bits per heavy atom. The van der Waals surface area contributed by atoms with Gasteiger partial charge in [0.25, 0.3) is 0 Å². The lowest BCUT2D eigenvalue weighted by Crippen LogP contribution is -2.59. The number of aryl methyl sites for hydroxylation is 1. The average molecular weight is 654 g/mol. The monoisotopic (exact) mass is 653 g/mol. The SMILES string of the molecule is Cc1ncsc1-c1ccc([C@H](C)NC(=O)[C@@H]2C[C@@H](O)CN2C(=O)[C@@H](NC(=O)CN2CCC(O[C@H]3C[C@H](C)C3)CC2)C(C)(C)C)cc1. The van der Waals surface area contributed by atoms with Gasteiger partial charge in [0.15, 0.2) is 0 Å². The van der Waals surface area contributed by atoms with Gasteiger partial charge in [-0.05, 0) is 62.0 Å². The van der Waals surface area contributed by atoms with E-state index in [1.807, 2.05) is 64.4 Å². The van der Waals surface area contributed by atoms with Gasteiger partial charge in [-0.3, -0.25) is 19.3 Å². The summed E-state index contributed by atoms with van der Waals surface area (Å²) in [4.78, 5) is 49.8. The Morgan fingerprint density at radius 3 is 2.33 bits per heavy atom. The molecule has 0 radical (unpaired) electrons. The number of nitrogens with zero attached hydrogens (tertiary/aromatic N) is 3. The van der Waals surface area contributed by atoms with Gasteiger partial charge in [0, 0.05) is 26.1 Å². The first-order valence-electron chi connectivity index (χ1n) is 16.7. The number of β-amino-alcohol motifs (C(OH)–C–C–N with tert-alkyl or cyclic N) is 1. The summed E-state index contributed by atoms with van der Waals surface area (Å²) in [5, 5.41) is 16.6. The van der Waals surface area contributed by atoms with Crippen LogP contribution in [0.25, 0.3) is 10.4 Å². The van der Waals surface area contributed by atoms with Crippen LogP contribution in [0.1, 0.15) is 84.0 Å². The minimum absolute atomic E-state index is 0.0456. The van der Waals surface area contributed by atoms with Crippen molar-refractivity contribution >= 4 is 29.1 Å². The number of hydrogen-bond acceptors (Lipinski definition) is 8. The summed E-state index contributed by atoms with van der Waals surface area (Å²) >= 11 is 1.59. The number of aromatic nitrogens is 1. The fourth-order valence-corrected chi connectivity index (χ4v) is 7.65. The van der Waals surface area contributed by atoms with Gasteiger partial charge in [-0.1, -0.05) is 52.0 Å². The highest BCUT2D eigenvalue weighted by Gasteiger charge is 2.45. The van der Waals surface area contributed by atoms with Gasteiger partial charge in [-0.15, -0.1) is 11.3 Å². The Hall–Kier alpha value is -2.86. The van der Waals surface area contributed by atoms with E-state index in [4.69, 9.17) is 4.74 Å². The maximum Gasteiger partial charge on any atom is 0.246 e. The molecule has 5 rings (SSSR count). The molecule has 11 heteroatoms. The maximum atomic E-state index is 14.0. The van der Waals surface area contributed by atoms with Crippen molar-refractivity contribution in [3.05, 3.63) is 41.0 Å². The fourth-order valence-electron chi connectivity index (χ4n) is 6.84. The van der Waals surface area contributed by atoms with E-state index in [0.717, 1.165) is 66.4 Å². The molecule has 1 saturated carbocycles. The number of carbonyl (C=O) groups excluding carboxylic acids is 3. The number of carbonyl (C=O) groups is 3. The Kier molecular flexibility index (Phi) is 10.9. The third-order valence-electron chi connectivity index (χ3n) is 9.68. The summed E-state index contributed by atoms with van der Waals surface area (Å²) in [5.41, 5.74) is 4.22. The minimum Gasteiger partial charge on any atom is -0.391 e. The summed E-state index contributed by atoms with van der Waals surface area (Å²) in [6.07, 6.45) is 4.05. The molecule has 0 spiro atoms. The van der Waals surface area contributed by atoms with Crippen molar-refractivity contribution in [1.29, 1.82) is 0 Å². The number of likely N-dealkylation sites (tertiary alicyclic amines) is 2. The van der Waals surface area contributed by atoms with E-state index < -0.39 is 23.6 Å².